The Labute approximate surface area is 159 Å². The van der Waals surface area contributed by atoms with Crippen molar-refractivity contribution >= 4 is 10.9 Å². The monoisotopic (exact) mass is 381 g/mol. The van der Waals surface area contributed by atoms with Gasteiger partial charge in [-0.15, -0.1) is 0 Å². The molecule has 0 aliphatic heterocycles. The van der Waals surface area contributed by atoms with Gasteiger partial charge in [-0.3, -0.25) is 0 Å². The number of hydrogen-bond acceptors (Lipinski definition) is 1. The van der Waals surface area contributed by atoms with Gasteiger partial charge in [0.1, 0.15) is 5.82 Å². The second kappa shape index (κ2) is 6.75. The summed E-state index contributed by atoms with van der Waals surface area (Å²) in [7, 11) is 0. The summed E-state index contributed by atoms with van der Waals surface area (Å²) in [6.45, 7) is 1.77. The lowest BCUT2D eigenvalue weighted by atomic mass is 10.00. The summed E-state index contributed by atoms with van der Waals surface area (Å²) >= 11 is 0. The zero-order valence-electron chi connectivity index (χ0n) is 14.9. The summed E-state index contributed by atoms with van der Waals surface area (Å²) in [5.74, 6) is -0.296. The Balaban J connectivity index is 1.74. The van der Waals surface area contributed by atoms with Crippen molar-refractivity contribution in [2.45, 2.75) is 13.1 Å². The van der Waals surface area contributed by atoms with Crippen molar-refractivity contribution in [1.29, 1.82) is 0 Å². The van der Waals surface area contributed by atoms with Crippen LogP contribution in [-0.2, 0) is 6.18 Å². The van der Waals surface area contributed by atoms with E-state index in [1.54, 1.807) is 31.2 Å². The maximum Gasteiger partial charge on any atom is 0.416 e. The third-order valence-corrected chi connectivity index (χ3v) is 4.71. The standard InChI is InChI=1S/C23H15F4N/c1-14-12-22(28-21-11-10-17(13-19(14)21)23(25,26)27)16-8-6-15(7-9-16)18-4-2-3-5-20(18)24/h2-13H,1H3. The van der Waals surface area contributed by atoms with E-state index in [9.17, 15) is 17.6 Å². The van der Waals surface area contributed by atoms with Crippen LogP contribution in [0.5, 0.6) is 0 Å². The van der Waals surface area contributed by atoms with Crippen LogP contribution in [0.2, 0.25) is 0 Å². The van der Waals surface area contributed by atoms with Crippen molar-refractivity contribution in [3.8, 4) is 22.4 Å². The number of halogens is 4. The lowest BCUT2D eigenvalue weighted by molar-refractivity contribution is -0.137. The molecule has 0 bridgehead atoms. The summed E-state index contributed by atoms with van der Waals surface area (Å²) in [5.41, 5.74) is 3.25. The number of rotatable bonds is 2. The van der Waals surface area contributed by atoms with Gasteiger partial charge in [0, 0.05) is 16.5 Å². The summed E-state index contributed by atoms with van der Waals surface area (Å²) < 4.78 is 52.8. The van der Waals surface area contributed by atoms with E-state index in [-0.39, 0.29) is 5.82 Å². The fraction of sp³-hybridized carbons (Fsp3) is 0.0870. The van der Waals surface area contributed by atoms with E-state index in [0.717, 1.165) is 23.3 Å². The first-order chi connectivity index (χ1) is 13.3. The third kappa shape index (κ3) is 3.36. The maximum atomic E-state index is 14.0. The minimum Gasteiger partial charge on any atom is -0.248 e. The Hall–Kier alpha value is -3.21. The molecule has 0 radical (unpaired) electrons. The molecule has 0 N–H and O–H groups in total. The highest BCUT2D eigenvalue weighted by Gasteiger charge is 2.30. The van der Waals surface area contributed by atoms with Gasteiger partial charge in [0.05, 0.1) is 16.8 Å². The molecule has 0 spiro atoms. The van der Waals surface area contributed by atoms with Gasteiger partial charge in [-0.2, -0.15) is 13.2 Å². The van der Waals surface area contributed by atoms with Crippen LogP contribution >= 0.6 is 0 Å². The molecular weight excluding hydrogens is 366 g/mol. The lowest BCUT2D eigenvalue weighted by Gasteiger charge is -2.11. The molecule has 0 fully saturated rings. The quantitative estimate of drug-likeness (QED) is 0.340. The van der Waals surface area contributed by atoms with E-state index in [1.165, 1.54) is 12.1 Å². The van der Waals surface area contributed by atoms with E-state index in [1.807, 2.05) is 24.3 Å². The highest BCUT2D eigenvalue weighted by Crippen LogP contribution is 2.33. The van der Waals surface area contributed by atoms with Crippen LogP contribution < -0.4 is 0 Å². The van der Waals surface area contributed by atoms with Gasteiger partial charge < -0.3 is 0 Å². The van der Waals surface area contributed by atoms with Crippen molar-refractivity contribution in [3.63, 3.8) is 0 Å². The molecule has 0 atom stereocenters. The normalized spacial score (nSPS) is 11.8. The first-order valence-electron chi connectivity index (χ1n) is 8.67. The SMILES string of the molecule is Cc1cc(-c2ccc(-c3ccccc3F)cc2)nc2ccc(C(F)(F)F)cc12. The minimum absolute atomic E-state index is 0.296. The largest absolute Gasteiger partial charge is 0.416 e. The molecule has 0 saturated heterocycles. The van der Waals surface area contributed by atoms with Crippen LogP contribution in [0.1, 0.15) is 11.1 Å². The summed E-state index contributed by atoms with van der Waals surface area (Å²) in [6.07, 6.45) is -4.39. The first kappa shape index (κ1) is 18.2. The molecule has 1 aromatic heterocycles. The van der Waals surface area contributed by atoms with E-state index in [4.69, 9.17) is 0 Å². The smallest absolute Gasteiger partial charge is 0.248 e. The van der Waals surface area contributed by atoms with Gasteiger partial charge in [0.15, 0.2) is 0 Å². The fourth-order valence-electron chi connectivity index (χ4n) is 3.23. The van der Waals surface area contributed by atoms with Gasteiger partial charge in [0.2, 0.25) is 0 Å². The van der Waals surface area contributed by atoms with Crippen molar-refractivity contribution in [2.24, 2.45) is 0 Å². The summed E-state index contributed by atoms with van der Waals surface area (Å²) in [4.78, 5) is 4.51. The van der Waals surface area contributed by atoms with Gasteiger partial charge in [-0.05, 0) is 48.4 Å². The van der Waals surface area contributed by atoms with Gasteiger partial charge in [0.25, 0.3) is 0 Å². The summed E-state index contributed by atoms with van der Waals surface area (Å²) in [5, 5.41) is 0.474. The zero-order chi connectivity index (χ0) is 19.9. The van der Waals surface area contributed by atoms with E-state index < -0.39 is 11.7 Å². The third-order valence-electron chi connectivity index (χ3n) is 4.71. The average Bonchev–Trinajstić information content (AvgIpc) is 2.67. The number of aryl methyl sites for hydroxylation is 1. The molecule has 1 heterocycles. The molecule has 4 rings (SSSR count). The number of nitrogens with zero attached hydrogens (tertiary/aromatic N) is 1. The number of pyridine rings is 1. The molecule has 3 aromatic carbocycles. The zero-order valence-corrected chi connectivity index (χ0v) is 14.9. The number of fused-ring (bicyclic) bond motifs is 1. The van der Waals surface area contributed by atoms with Crippen LogP contribution in [-0.4, -0.2) is 4.98 Å². The second-order valence-electron chi connectivity index (χ2n) is 6.61. The number of aromatic nitrogens is 1. The second-order valence-corrected chi connectivity index (χ2v) is 6.61. The molecule has 140 valence electrons. The van der Waals surface area contributed by atoms with Crippen LogP contribution in [0.25, 0.3) is 33.3 Å². The molecule has 0 unspecified atom stereocenters. The molecular formula is C23H15F4N. The predicted octanol–water partition coefficient (Wildman–Crippen LogP) is 7.04. The highest BCUT2D eigenvalue weighted by atomic mass is 19.4. The van der Waals surface area contributed by atoms with Crippen molar-refractivity contribution in [3.05, 3.63) is 89.7 Å². The fourth-order valence-corrected chi connectivity index (χ4v) is 3.23. The van der Waals surface area contributed by atoms with E-state index in [2.05, 4.69) is 4.98 Å². The predicted molar refractivity (Wildman–Crippen MR) is 102 cm³/mol. The van der Waals surface area contributed by atoms with Crippen LogP contribution in [0.3, 0.4) is 0 Å². The Morgan fingerprint density at radius 1 is 0.786 bits per heavy atom. The Morgan fingerprint density at radius 2 is 1.46 bits per heavy atom. The average molecular weight is 381 g/mol. The molecule has 5 heteroatoms. The van der Waals surface area contributed by atoms with Crippen LogP contribution in [0, 0.1) is 12.7 Å². The maximum absolute atomic E-state index is 14.0. The lowest BCUT2D eigenvalue weighted by Crippen LogP contribution is -2.04. The molecule has 4 aromatic rings. The van der Waals surface area contributed by atoms with E-state index >= 15 is 0 Å². The Bertz CT molecular complexity index is 1160. The molecule has 0 saturated carbocycles. The molecule has 0 amide bonds. The molecule has 1 nitrogen and oxygen atoms in total. The topological polar surface area (TPSA) is 12.9 Å². The Morgan fingerprint density at radius 3 is 2.14 bits per heavy atom. The first-order valence-corrected chi connectivity index (χ1v) is 8.67. The number of benzene rings is 3. The number of hydrogen-bond donors (Lipinski definition) is 0. The van der Waals surface area contributed by atoms with Gasteiger partial charge >= 0.3 is 6.18 Å². The van der Waals surface area contributed by atoms with Gasteiger partial charge in [-0.1, -0.05) is 42.5 Å². The van der Waals surface area contributed by atoms with Crippen molar-refractivity contribution in [2.75, 3.05) is 0 Å². The Kier molecular flexibility index (Phi) is 4.38. The molecule has 0 aliphatic rings. The number of alkyl halides is 3. The van der Waals surface area contributed by atoms with Crippen molar-refractivity contribution in [1.82, 2.24) is 4.98 Å². The molecule has 28 heavy (non-hydrogen) atoms. The van der Waals surface area contributed by atoms with Gasteiger partial charge in [-0.25, -0.2) is 9.37 Å². The van der Waals surface area contributed by atoms with Crippen LogP contribution in [0.15, 0.2) is 72.8 Å². The highest BCUT2D eigenvalue weighted by molar-refractivity contribution is 5.86. The van der Waals surface area contributed by atoms with Crippen LogP contribution in [0.4, 0.5) is 17.6 Å². The van der Waals surface area contributed by atoms with Crippen molar-refractivity contribution < 1.29 is 17.6 Å². The molecule has 0 aliphatic carbocycles. The van der Waals surface area contributed by atoms with E-state index in [0.29, 0.717) is 27.7 Å². The summed E-state index contributed by atoms with van der Waals surface area (Å²) in [6, 6.07) is 19.1. The minimum atomic E-state index is -4.39.